The molecule has 1 rings (SSSR count). The van der Waals surface area contributed by atoms with Gasteiger partial charge in [0.25, 0.3) is 0 Å². The van der Waals surface area contributed by atoms with Gasteiger partial charge in [-0.2, -0.15) is 0 Å². The van der Waals surface area contributed by atoms with Crippen LogP contribution in [0.15, 0.2) is 37.4 Å². The van der Waals surface area contributed by atoms with Crippen molar-refractivity contribution in [1.82, 2.24) is 0 Å². The van der Waals surface area contributed by atoms with Crippen molar-refractivity contribution >= 4 is 12.0 Å². The summed E-state index contributed by atoms with van der Waals surface area (Å²) in [5, 5.41) is 9.45. The van der Waals surface area contributed by atoms with E-state index in [-0.39, 0.29) is 11.3 Å². The second-order valence-electron chi connectivity index (χ2n) is 4.21. The van der Waals surface area contributed by atoms with Crippen LogP contribution in [-0.2, 0) is 4.74 Å². The lowest BCUT2D eigenvalue weighted by molar-refractivity contribution is 0.0174. The molecular weight excluding hydrogens is 216 g/mol. The predicted molar refractivity (Wildman–Crippen MR) is 67.9 cm³/mol. The van der Waals surface area contributed by atoms with Crippen molar-refractivity contribution in [2.24, 2.45) is 0 Å². The summed E-state index contributed by atoms with van der Waals surface area (Å²) in [7, 11) is 0. The van der Waals surface area contributed by atoms with Gasteiger partial charge in [0.1, 0.15) is 11.4 Å². The molecule has 0 aliphatic carbocycles. The van der Waals surface area contributed by atoms with Gasteiger partial charge in [-0.05, 0) is 43.7 Å². The minimum absolute atomic E-state index is 0.00533. The molecule has 1 N–H and O–H groups in total. The molecule has 0 saturated carbocycles. The lowest BCUT2D eigenvalue weighted by Crippen LogP contribution is -2.25. The van der Waals surface area contributed by atoms with Crippen LogP contribution in [0.2, 0.25) is 0 Å². The van der Waals surface area contributed by atoms with Gasteiger partial charge in [0.2, 0.25) is 0 Å². The molecule has 3 nitrogen and oxygen atoms in total. The van der Waals surface area contributed by atoms with Crippen molar-refractivity contribution in [3.05, 3.63) is 48.6 Å². The van der Waals surface area contributed by atoms with Crippen LogP contribution in [0.1, 0.15) is 29.8 Å². The molecule has 0 aromatic heterocycles. The molecule has 3 heteroatoms. The Bertz CT molecular complexity index is 459. The van der Waals surface area contributed by atoms with Crippen molar-refractivity contribution in [2.45, 2.75) is 19.4 Å². The van der Waals surface area contributed by atoms with E-state index in [2.05, 4.69) is 13.2 Å². The van der Waals surface area contributed by atoms with Gasteiger partial charge in [-0.1, -0.05) is 19.2 Å². The molecule has 0 fully saturated rings. The van der Waals surface area contributed by atoms with Crippen molar-refractivity contribution in [2.75, 3.05) is 0 Å². The topological polar surface area (TPSA) is 46.5 Å². The van der Waals surface area contributed by atoms with E-state index in [0.29, 0.717) is 5.56 Å². The summed E-state index contributed by atoms with van der Waals surface area (Å²) in [6.07, 6.45) is 3.09. The second kappa shape index (κ2) is 4.87. The fourth-order valence-electron chi connectivity index (χ4n) is 1.21. The van der Waals surface area contributed by atoms with E-state index in [9.17, 15) is 9.90 Å². The third-order valence-corrected chi connectivity index (χ3v) is 2.26. The number of carbonyl (C=O) groups is 1. The Morgan fingerprint density at radius 3 is 2.53 bits per heavy atom. The fraction of sp³-hybridized carbons (Fsp3) is 0.214. The number of hydrogen-bond donors (Lipinski definition) is 1. The van der Waals surface area contributed by atoms with E-state index < -0.39 is 11.6 Å². The molecule has 0 aliphatic rings. The number of benzene rings is 1. The number of phenols is 1. The molecule has 0 radical (unpaired) electrons. The first-order chi connectivity index (χ1) is 7.88. The van der Waals surface area contributed by atoms with Crippen LogP contribution in [0.3, 0.4) is 0 Å². The van der Waals surface area contributed by atoms with Gasteiger partial charge in [-0.15, -0.1) is 0 Å². The van der Waals surface area contributed by atoms with Gasteiger partial charge in [-0.25, -0.2) is 4.79 Å². The summed E-state index contributed by atoms with van der Waals surface area (Å²) >= 11 is 0. The van der Waals surface area contributed by atoms with Crippen molar-refractivity contribution in [3.63, 3.8) is 0 Å². The number of phenolic OH excluding ortho intramolecular Hbond substituents is 1. The minimum atomic E-state index is -0.739. The zero-order chi connectivity index (χ0) is 13.1. The summed E-state index contributed by atoms with van der Waals surface area (Å²) in [4.78, 5) is 11.8. The number of esters is 1. The first-order valence-corrected chi connectivity index (χ1v) is 5.21. The van der Waals surface area contributed by atoms with E-state index in [4.69, 9.17) is 4.74 Å². The summed E-state index contributed by atoms with van der Waals surface area (Å²) < 4.78 is 5.23. The molecule has 90 valence electrons. The van der Waals surface area contributed by atoms with Crippen molar-refractivity contribution in [1.29, 1.82) is 0 Å². The Balaban J connectivity index is 3.00. The minimum Gasteiger partial charge on any atom is -0.508 e. The predicted octanol–water partition coefficient (Wildman–Crippen LogP) is 3.16. The average Bonchev–Trinajstić information content (AvgIpc) is 2.27. The first-order valence-electron chi connectivity index (χ1n) is 5.21. The number of ether oxygens (including phenoxy) is 1. The Morgan fingerprint density at radius 1 is 1.35 bits per heavy atom. The molecule has 0 unspecified atom stereocenters. The monoisotopic (exact) mass is 232 g/mol. The van der Waals surface area contributed by atoms with Crippen LogP contribution in [-0.4, -0.2) is 16.7 Å². The molecule has 0 spiro atoms. The Kier molecular flexibility index (Phi) is 3.73. The van der Waals surface area contributed by atoms with Gasteiger partial charge < -0.3 is 9.84 Å². The molecule has 0 aliphatic heterocycles. The van der Waals surface area contributed by atoms with Crippen LogP contribution >= 0.6 is 0 Å². The van der Waals surface area contributed by atoms with Gasteiger partial charge in [-0.3, -0.25) is 0 Å². The van der Waals surface area contributed by atoms with Gasteiger partial charge in [0.15, 0.2) is 0 Å². The highest BCUT2D eigenvalue weighted by Gasteiger charge is 2.20. The van der Waals surface area contributed by atoms with Gasteiger partial charge in [0.05, 0.1) is 5.56 Å². The largest absolute Gasteiger partial charge is 0.508 e. The summed E-state index contributed by atoms with van der Waals surface area (Å²) in [5.74, 6) is -0.500. The lowest BCUT2D eigenvalue weighted by atomic mass is 10.1. The van der Waals surface area contributed by atoms with Crippen molar-refractivity contribution in [3.8, 4) is 5.75 Å². The van der Waals surface area contributed by atoms with Crippen LogP contribution < -0.4 is 0 Å². The first kappa shape index (κ1) is 13.0. The van der Waals surface area contributed by atoms with Crippen molar-refractivity contribution < 1.29 is 14.6 Å². The maximum Gasteiger partial charge on any atom is 0.339 e. The molecular formula is C14H16O3. The van der Waals surface area contributed by atoms with E-state index in [1.165, 1.54) is 12.1 Å². The van der Waals surface area contributed by atoms with Crippen LogP contribution in [0.25, 0.3) is 6.08 Å². The van der Waals surface area contributed by atoms with E-state index in [1.54, 1.807) is 32.1 Å². The molecule has 0 amide bonds. The highest BCUT2D eigenvalue weighted by Crippen LogP contribution is 2.20. The Morgan fingerprint density at radius 2 is 2.00 bits per heavy atom. The molecule has 1 aromatic rings. The third kappa shape index (κ3) is 3.48. The fourth-order valence-corrected chi connectivity index (χ4v) is 1.21. The molecule has 1 aromatic carbocycles. The van der Waals surface area contributed by atoms with Gasteiger partial charge >= 0.3 is 5.97 Å². The molecule has 0 heterocycles. The smallest absolute Gasteiger partial charge is 0.339 e. The van der Waals surface area contributed by atoms with E-state index >= 15 is 0 Å². The highest BCUT2D eigenvalue weighted by atomic mass is 16.6. The maximum atomic E-state index is 11.8. The highest BCUT2D eigenvalue weighted by molar-refractivity contribution is 5.91. The zero-order valence-corrected chi connectivity index (χ0v) is 10.1. The quantitative estimate of drug-likeness (QED) is 0.640. The average molecular weight is 232 g/mol. The maximum absolute atomic E-state index is 11.8. The number of aromatic hydroxyl groups is 1. The number of carbonyl (C=O) groups excluding carboxylic acids is 1. The van der Waals surface area contributed by atoms with E-state index in [0.717, 1.165) is 0 Å². The molecule has 17 heavy (non-hydrogen) atoms. The Labute approximate surface area is 101 Å². The number of rotatable bonds is 4. The van der Waals surface area contributed by atoms with Crippen LogP contribution in [0.4, 0.5) is 0 Å². The normalized spacial score (nSPS) is 10.7. The second-order valence-corrected chi connectivity index (χ2v) is 4.21. The molecule has 0 atom stereocenters. The standard InChI is InChI=1S/C14H16O3/c1-5-10-7-11(9-12(15)8-10)13(16)17-14(3,4)6-2/h5-9,15H,1-2H2,3-4H3. The Hall–Kier alpha value is -2.03. The van der Waals surface area contributed by atoms with Gasteiger partial charge in [0, 0.05) is 0 Å². The van der Waals surface area contributed by atoms with E-state index in [1.807, 2.05) is 0 Å². The zero-order valence-electron chi connectivity index (χ0n) is 10.1. The summed E-state index contributed by atoms with van der Waals surface area (Å²) in [5.41, 5.74) is 0.208. The third-order valence-electron chi connectivity index (χ3n) is 2.26. The SMILES string of the molecule is C=Cc1cc(O)cc(C(=O)OC(C)(C)C=C)c1. The molecule has 0 bridgehead atoms. The van der Waals surface area contributed by atoms with Crippen LogP contribution in [0.5, 0.6) is 5.75 Å². The van der Waals surface area contributed by atoms with Crippen LogP contribution in [0, 0.1) is 0 Å². The molecule has 0 saturated heterocycles. The summed E-state index contributed by atoms with van der Waals surface area (Å²) in [6, 6.07) is 4.48. The lowest BCUT2D eigenvalue weighted by Gasteiger charge is -2.20. The number of hydrogen-bond acceptors (Lipinski definition) is 3. The summed E-state index contributed by atoms with van der Waals surface area (Å²) in [6.45, 7) is 10.6.